The molecule has 342 valence electrons. The van der Waals surface area contributed by atoms with Crippen LogP contribution in [0.3, 0.4) is 0 Å². The Labute approximate surface area is 367 Å². The molecule has 1 aliphatic heterocycles. The average molecular weight is 822 g/mol. The van der Waals surface area contributed by atoms with Gasteiger partial charge in [-0.15, -0.1) is 0 Å². The first kappa shape index (κ1) is 49.3. The van der Waals surface area contributed by atoms with Crippen molar-refractivity contribution < 1.29 is 14.2 Å². The van der Waals surface area contributed by atoms with Crippen LogP contribution in [-0.2, 0) is 14.2 Å². The second-order valence-electron chi connectivity index (χ2n) is 22.0. The highest BCUT2D eigenvalue weighted by Crippen LogP contribution is 2.67. The molecule has 10 atom stereocenters. The lowest BCUT2D eigenvalue weighted by atomic mass is 9.47. The SMILES string of the molecule is CCCCCCCC/C=C\CCCCCCCCOCC(CN1CCCC1C)OCCOC1CC[C@@]2(C)C(=CCC3C4CCC([C@H](C)CCCC(C)C)[C@@]4(C)CCC32)C1. The molecule has 5 rings (SSSR count). The highest BCUT2D eigenvalue weighted by molar-refractivity contribution is 5.25. The van der Waals surface area contributed by atoms with Gasteiger partial charge in [0, 0.05) is 19.2 Å². The number of hydrogen-bond donors (Lipinski definition) is 0. The molecule has 0 spiro atoms. The van der Waals surface area contributed by atoms with E-state index in [2.05, 4.69) is 71.6 Å². The predicted molar refractivity (Wildman–Crippen MR) is 253 cm³/mol. The summed E-state index contributed by atoms with van der Waals surface area (Å²) >= 11 is 0. The van der Waals surface area contributed by atoms with Crippen molar-refractivity contribution >= 4 is 0 Å². The van der Waals surface area contributed by atoms with Crippen molar-refractivity contribution in [2.24, 2.45) is 46.3 Å². The van der Waals surface area contributed by atoms with E-state index in [4.69, 9.17) is 14.2 Å². The largest absolute Gasteiger partial charge is 0.379 e. The summed E-state index contributed by atoms with van der Waals surface area (Å²) < 4.78 is 19.5. The Hall–Kier alpha value is -0.680. The standard InChI is InChI=1S/C55H99NO3/c1-8-9-10-11-12-13-14-15-16-17-18-19-20-21-22-23-38-57-43-49(42-56-37-25-28-46(56)5)59-40-39-58-48-33-35-54(6)47(41-48)29-30-50-52-32-31-51(45(4)27-24-26-44(2)3)55(52,7)36-34-53(50)54/h15-16,29,44-46,48-53H,8-14,17-28,30-43H2,1-7H3/b16-15-/t45-,46?,48?,49?,50?,51?,52?,53?,54+,55-/m1/s1. The lowest BCUT2D eigenvalue weighted by Crippen LogP contribution is -2.51. The summed E-state index contributed by atoms with van der Waals surface area (Å²) in [7, 11) is 0. The van der Waals surface area contributed by atoms with Crippen LogP contribution in [-0.4, -0.2) is 62.7 Å². The predicted octanol–water partition coefficient (Wildman–Crippen LogP) is 15.3. The number of allylic oxidation sites excluding steroid dienone is 3. The number of nitrogens with zero attached hydrogens (tertiary/aromatic N) is 1. The summed E-state index contributed by atoms with van der Waals surface area (Å²) in [6.07, 6.45) is 44.7. The van der Waals surface area contributed by atoms with Crippen LogP contribution >= 0.6 is 0 Å². The smallest absolute Gasteiger partial charge is 0.0936 e. The minimum absolute atomic E-state index is 0.135. The van der Waals surface area contributed by atoms with Gasteiger partial charge in [-0.05, 0) is 156 Å². The zero-order chi connectivity index (χ0) is 41.9. The van der Waals surface area contributed by atoms with Crippen LogP contribution in [0.2, 0.25) is 0 Å². The normalized spacial score (nSPS) is 32.0. The van der Waals surface area contributed by atoms with Crippen molar-refractivity contribution in [2.45, 2.75) is 240 Å². The number of unbranched alkanes of at least 4 members (excludes halogenated alkanes) is 12. The fourth-order valence-corrected chi connectivity index (χ4v) is 13.6. The van der Waals surface area contributed by atoms with Gasteiger partial charge in [-0.25, -0.2) is 0 Å². The molecule has 5 aliphatic rings. The maximum absolute atomic E-state index is 6.64. The molecule has 7 unspecified atom stereocenters. The third kappa shape index (κ3) is 15.0. The zero-order valence-electron chi connectivity index (χ0n) is 40.4. The lowest BCUT2D eigenvalue weighted by molar-refractivity contribution is -0.0801. The van der Waals surface area contributed by atoms with Crippen molar-refractivity contribution in [1.29, 1.82) is 0 Å². The van der Waals surface area contributed by atoms with Crippen LogP contribution in [0, 0.1) is 46.3 Å². The Morgan fingerprint density at radius 1 is 0.763 bits per heavy atom. The van der Waals surface area contributed by atoms with Gasteiger partial charge in [-0.1, -0.05) is 142 Å². The van der Waals surface area contributed by atoms with Gasteiger partial charge in [0.05, 0.1) is 32.0 Å². The Morgan fingerprint density at radius 2 is 1.49 bits per heavy atom. The fourth-order valence-electron chi connectivity index (χ4n) is 13.6. The minimum atomic E-state index is 0.135. The number of hydrogen-bond acceptors (Lipinski definition) is 4. The third-order valence-corrected chi connectivity index (χ3v) is 17.3. The van der Waals surface area contributed by atoms with Gasteiger partial charge >= 0.3 is 0 Å². The molecule has 0 amide bonds. The summed E-state index contributed by atoms with van der Waals surface area (Å²) in [6.45, 7) is 22.6. The van der Waals surface area contributed by atoms with E-state index in [1.54, 1.807) is 5.57 Å². The van der Waals surface area contributed by atoms with Crippen LogP contribution in [0.25, 0.3) is 0 Å². The van der Waals surface area contributed by atoms with Crippen LogP contribution in [0.1, 0.15) is 222 Å². The third-order valence-electron chi connectivity index (χ3n) is 17.3. The summed E-state index contributed by atoms with van der Waals surface area (Å²) in [5.41, 5.74) is 2.71. The molecule has 3 saturated carbocycles. The quantitative estimate of drug-likeness (QED) is 0.0533. The topological polar surface area (TPSA) is 30.9 Å². The number of rotatable bonds is 30. The molecule has 1 saturated heterocycles. The van der Waals surface area contributed by atoms with E-state index in [1.165, 1.54) is 173 Å². The van der Waals surface area contributed by atoms with Crippen molar-refractivity contribution in [1.82, 2.24) is 4.90 Å². The summed E-state index contributed by atoms with van der Waals surface area (Å²) in [5, 5.41) is 0. The van der Waals surface area contributed by atoms with E-state index in [0.29, 0.717) is 42.8 Å². The second-order valence-corrected chi connectivity index (χ2v) is 22.0. The van der Waals surface area contributed by atoms with Crippen molar-refractivity contribution in [3.8, 4) is 0 Å². The molecule has 4 heteroatoms. The molecule has 0 aromatic rings. The Morgan fingerprint density at radius 3 is 2.20 bits per heavy atom. The van der Waals surface area contributed by atoms with E-state index in [9.17, 15) is 0 Å². The average Bonchev–Trinajstić information content (AvgIpc) is 3.80. The van der Waals surface area contributed by atoms with E-state index < -0.39 is 0 Å². The monoisotopic (exact) mass is 822 g/mol. The van der Waals surface area contributed by atoms with E-state index in [0.717, 1.165) is 55.1 Å². The number of fused-ring (bicyclic) bond motifs is 5. The molecule has 4 aliphatic carbocycles. The molecule has 0 radical (unpaired) electrons. The molecular formula is C55H99NO3. The van der Waals surface area contributed by atoms with Gasteiger partial charge in [0.15, 0.2) is 0 Å². The Bertz CT molecular complexity index is 1200. The maximum Gasteiger partial charge on any atom is 0.0936 e. The van der Waals surface area contributed by atoms with Gasteiger partial charge in [0.1, 0.15) is 0 Å². The second kappa shape index (κ2) is 26.2. The van der Waals surface area contributed by atoms with Crippen molar-refractivity contribution in [3.63, 3.8) is 0 Å². The van der Waals surface area contributed by atoms with E-state index >= 15 is 0 Å². The maximum atomic E-state index is 6.64. The lowest BCUT2D eigenvalue weighted by Gasteiger charge is -2.58. The molecular weight excluding hydrogens is 723 g/mol. The van der Waals surface area contributed by atoms with Gasteiger partial charge in [-0.3, -0.25) is 4.90 Å². The molecule has 1 heterocycles. The summed E-state index contributed by atoms with van der Waals surface area (Å²) in [6, 6.07) is 0.657. The molecule has 0 aromatic carbocycles. The Kier molecular flexibility index (Phi) is 21.9. The summed E-state index contributed by atoms with van der Waals surface area (Å²) in [5.74, 6) is 5.39. The van der Waals surface area contributed by atoms with Gasteiger partial charge in [-0.2, -0.15) is 0 Å². The summed E-state index contributed by atoms with van der Waals surface area (Å²) in [4.78, 5) is 2.62. The fraction of sp³-hybridized carbons (Fsp3) is 0.927. The first-order valence-corrected chi connectivity index (χ1v) is 26.5. The van der Waals surface area contributed by atoms with Crippen LogP contribution in [0.4, 0.5) is 0 Å². The van der Waals surface area contributed by atoms with E-state index in [-0.39, 0.29) is 6.10 Å². The number of likely N-dealkylation sites (tertiary alicyclic amines) is 1. The van der Waals surface area contributed by atoms with Crippen LogP contribution < -0.4 is 0 Å². The molecule has 4 nitrogen and oxygen atoms in total. The molecule has 4 fully saturated rings. The van der Waals surface area contributed by atoms with Crippen molar-refractivity contribution in [2.75, 3.05) is 39.5 Å². The minimum Gasteiger partial charge on any atom is -0.379 e. The molecule has 0 bridgehead atoms. The van der Waals surface area contributed by atoms with E-state index in [1.807, 2.05) is 0 Å². The van der Waals surface area contributed by atoms with Crippen LogP contribution in [0.15, 0.2) is 23.8 Å². The molecule has 0 aromatic heterocycles. The molecule has 59 heavy (non-hydrogen) atoms. The highest BCUT2D eigenvalue weighted by atomic mass is 16.6. The van der Waals surface area contributed by atoms with Gasteiger partial charge in [0.2, 0.25) is 0 Å². The Balaban J connectivity index is 0.958. The van der Waals surface area contributed by atoms with Gasteiger partial charge < -0.3 is 14.2 Å². The first-order valence-electron chi connectivity index (χ1n) is 26.5. The first-order chi connectivity index (χ1) is 28.7. The highest BCUT2D eigenvalue weighted by Gasteiger charge is 2.59. The van der Waals surface area contributed by atoms with Gasteiger partial charge in [0.25, 0.3) is 0 Å². The van der Waals surface area contributed by atoms with Crippen molar-refractivity contribution in [3.05, 3.63) is 23.8 Å². The zero-order valence-corrected chi connectivity index (χ0v) is 40.4. The molecule has 0 N–H and O–H groups in total. The number of ether oxygens (including phenoxy) is 3. The van der Waals surface area contributed by atoms with Crippen LogP contribution in [0.5, 0.6) is 0 Å².